The molecule has 1 amide bonds. The summed E-state index contributed by atoms with van der Waals surface area (Å²) >= 11 is 8.19. The minimum Gasteiger partial charge on any atom is -0.454 e. The SMILES string of the molecule is Cc1ccc(Oc2ccc(Nc3ncnc4sc5c(c34)CCN(C(=O)OC(C)(C)C)CC5)cc2Cl)cn1. The number of halogens is 1. The predicted molar refractivity (Wildman–Crippen MR) is 146 cm³/mol. The van der Waals surface area contributed by atoms with Gasteiger partial charge in [0.1, 0.15) is 34.1 Å². The fourth-order valence-electron chi connectivity index (χ4n) is 4.14. The minimum absolute atomic E-state index is 0.278. The summed E-state index contributed by atoms with van der Waals surface area (Å²) in [5, 5.41) is 4.85. The van der Waals surface area contributed by atoms with Gasteiger partial charge in [-0.1, -0.05) is 11.6 Å². The summed E-state index contributed by atoms with van der Waals surface area (Å²) in [5.41, 5.74) is 2.35. The highest BCUT2D eigenvalue weighted by Crippen LogP contribution is 2.38. The maximum absolute atomic E-state index is 12.6. The fourth-order valence-corrected chi connectivity index (χ4v) is 5.54. The molecular weight excluding hydrogens is 510 g/mol. The lowest BCUT2D eigenvalue weighted by Gasteiger charge is -2.26. The van der Waals surface area contributed by atoms with E-state index in [-0.39, 0.29) is 6.09 Å². The second-order valence-electron chi connectivity index (χ2n) is 9.88. The summed E-state index contributed by atoms with van der Waals surface area (Å²) in [5.74, 6) is 1.87. The number of hydrogen-bond donors (Lipinski definition) is 1. The van der Waals surface area contributed by atoms with Gasteiger partial charge in [-0.15, -0.1) is 11.3 Å². The van der Waals surface area contributed by atoms with E-state index in [0.29, 0.717) is 41.8 Å². The van der Waals surface area contributed by atoms with Crippen LogP contribution in [-0.2, 0) is 17.6 Å². The maximum atomic E-state index is 12.6. The van der Waals surface area contributed by atoms with Crippen LogP contribution in [0.5, 0.6) is 11.5 Å². The van der Waals surface area contributed by atoms with Crippen LogP contribution >= 0.6 is 22.9 Å². The van der Waals surface area contributed by atoms with Crippen molar-refractivity contribution in [2.45, 2.75) is 46.1 Å². The predicted octanol–water partition coefficient (Wildman–Crippen LogP) is 6.92. The van der Waals surface area contributed by atoms with E-state index in [9.17, 15) is 4.79 Å². The van der Waals surface area contributed by atoms with Crippen LogP contribution in [-0.4, -0.2) is 44.6 Å². The van der Waals surface area contributed by atoms with Gasteiger partial charge in [0.15, 0.2) is 0 Å². The Kier molecular flexibility index (Phi) is 6.92. The third kappa shape index (κ3) is 5.78. The van der Waals surface area contributed by atoms with Crippen molar-refractivity contribution in [1.82, 2.24) is 19.9 Å². The Hall–Kier alpha value is -3.43. The normalized spacial score (nSPS) is 13.7. The molecule has 0 bridgehead atoms. The lowest BCUT2D eigenvalue weighted by atomic mass is 10.1. The van der Waals surface area contributed by atoms with Crippen LogP contribution in [0.1, 0.15) is 36.9 Å². The van der Waals surface area contributed by atoms with Gasteiger partial charge in [0.05, 0.1) is 16.6 Å². The number of rotatable bonds is 4. The first-order chi connectivity index (χ1) is 17.7. The summed E-state index contributed by atoms with van der Waals surface area (Å²) in [6, 6.07) is 9.26. The zero-order valence-corrected chi connectivity index (χ0v) is 22.7. The highest BCUT2D eigenvalue weighted by molar-refractivity contribution is 7.19. The first kappa shape index (κ1) is 25.2. The Morgan fingerprint density at radius 3 is 2.65 bits per heavy atom. The highest BCUT2D eigenvalue weighted by atomic mass is 35.5. The molecule has 4 aromatic rings. The van der Waals surface area contributed by atoms with Crippen molar-refractivity contribution >= 4 is 50.8 Å². The van der Waals surface area contributed by atoms with Gasteiger partial charge < -0.3 is 19.7 Å². The number of thiophene rings is 1. The van der Waals surface area contributed by atoms with Gasteiger partial charge in [0, 0.05) is 29.3 Å². The number of carbonyl (C=O) groups excluding carboxylic acids is 1. The molecule has 1 aromatic carbocycles. The molecule has 1 N–H and O–H groups in total. The topological polar surface area (TPSA) is 89.5 Å². The number of ether oxygens (including phenoxy) is 2. The molecule has 0 unspecified atom stereocenters. The monoisotopic (exact) mass is 537 g/mol. The summed E-state index contributed by atoms with van der Waals surface area (Å²) in [7, 11) is 0. The van der Waals surface area contributed by atoms with E-state index < -0.39 is 5.60 Å². The van der Waals surface area contributed by atoms with Crippen LogP contribution in [0.2, 0.25) is 5.02 Å². The molecule has 0 aliphatic carbocycles. The summed E-state index contributed by atoms with van der Waals surface area (Å²) in [4.78, 5) is 29.9. The zero-order valence-electron chi connectivity index (χ0n) is 21.2. The van der Waals surface area contributed by atoms with Crippen molar-refractivity contribution in [3.05, 3.63) is 64.0 Å². The van der Waals surface area contributed by atoms with Gasteiger partial charge in [-0.3, -0.25) is 4.98 Å². The molecule has 0 spiro atoms. The average molecular weight is 538 g/mol. The van der Waals surface area contributed by atoms with E-state index in [1.165, 1.54) is 10.4 Å². The van der Waals surface area contributed by atoms with Crippen LogP contribution in [0, 0.1) is 6.92 Å². The Morgan fingerprint density at radius 1 is 1.11 bits per heavy atom. The molecule has 0 radical (unpaired) electrons. The van der Waals surface area contributed by atoms with Gasteiger partial charge in [-0.2, -0.15) is 0 Å². The molecule has 1 aliphatic rings. The zero-order chi connectivity index (χ0) is 26.2. The number of amides is 1. The van der Waals surface area contributed by atoms with Gasteiger partial charge in [-0.05, 0) is 76.4 Å². The number of fused-ring (bicyclic) bond motifs is 3. The number of nitrogens with one attached hydrogen (secondary N) is 1. The molecule has 3 aromatic heterocycles. The quantitative estimate of drug-likeness (QED) is 0.302. The van der Waals surface area contributed by atoms with Gasteiger partial charge in [-0.25, -0.2) is 14.8 Å². The van der Waals surface area contributed by atoms with Crippen molar-refractivity contribution in [2.24, 2.45) is 0 Å². The van der Waals surface area contributed by atoms with E-state index >= 15 is 0 Å². The van der Waals surface area contributed by atoms with E-state index in [0.717, 1.165) is 28.0 Å². The molecule has 10 heteroatoms. The van der Waals surface area contributed by atoms with Crippen LogP contribution in [0.3, 0.4) is 0 Å². The maximum Gasteiger partial charge on any atom is 0.410 e. The Labute approximate surface area is 224 Å². The van der Waals surface area contributed by atoms with Crippen LogP contribution in [0.25, 0.3) is 10.2 Å². The third-order valence-corrected chi connectivity index (χ3v) is 7.36. The average Bonchev–Trinajstić information content (AvgIpc) is 3.06. The highest BCUT2D eigenvalue weighted by Gasteiger charge is 2.27. The van der Waals surface area contributed by atoms with Crippen molar-refractivity contribution in [2.75, 3.05) is 18.4 Å². The third-order valence-electron chi connectivity index (χ3n) is 5.87. The van der Waals surface area contributed by atoms with Crippen molar-refractivity contribution in [3.8, 4) is 11.5 Å². The summed E-state index contributed by atoms with van der Waals surface area (Å²) in [6.07, 6.45) is 4.41. The number of aromatic nitrogens is 3. The van der Waals surface area contributed by atoms with E-state index in [1.54, 1.807) is 28.8 Å². The Bertz CT molecular complexity index is 1450. The number of nitrogens with zero attached hydrogens (tertiary/aromatic N) is 4. The van der Waals surface area contributed by atoms with Crippen molar-refractivity contribution in [3.63, 3.8) is 0 Å². The van der Waals surface area contributed by atoms with Crippen molar-refractivity contribution in [1.29, 1.82) is 0 Å². The molecule has 192 valence electrons. The fraction of sp³-hybridized carbons (Fsp3) is 0.333. The molecule has 8 nitrogen and oxygen atoms in total. The van der Waals surface area contributed by atoms with E-state index in [1.807, 2.05) is 58.0 Å². The number of carbonyl (C=O) groups is 1. The standard InChI is InChI=1S/C27H28ClN5O3S/c1-16-5-7-18(14-29-16)35-21-8-6-17(13-20(21)28)32-24-23-19-9-11-33(26(34)36-27(2,3)4)12-10-22(19)37-25(23)31-15-30-24/h5-8,13-15H,9-12H2,1-4H3,(H,30,31,32). The van der Waals surface area contributed by atoms with Crippen LogP contribution in [0.15, 0.2) is 42.9 Å². The number of aryl methyl sites for hydroxylation is 1. The molecule has 0 fully saturated rings. The molecule has 5 rings (SSSR count). The molecular formula is C27H28ClN5O3S. The second-order valence-corrected chi connectivity index (χ2v) is 11.4. The Balaban J connectivity index is 1.36. The first-order valence-corrected chi connectivity index (χ1v) is 13.3. The molecule has 37 heavy (non-hydrogen) atoms. The largest absolute Gasteiger partial charge is 0.454 e. The van der Waals surface area contributed by atoms with E-state index in [2.05, 4.69) is 20.3 Å². The second kappa shape index (κ2) is 10.1. The molecule has 4 heterocycles. The van der Waals surface area contributed by atoms with Crippen LogP contribution < -0.4 is 10.1 Å². The van der Waals surface area contributed by atoms with Gasteiger partial charge >= 0.3 is 6.09 Å². The van der Waals surface area contributed by atoms with E-state index in [4.69, 9.17) is 21.1 Å². The minimum atomic E-state index is -0.523. The Morgan fingerprint density at radius 2 is 1.92 bits per heavy atom. The lowest BCUT2D eigenvalue weighted by molar-refractivity contribution is 0.0259. The van der Waals surface area contributed by atoms with Crippen LogP contribution in [0.4, 0.5) is 16.3 Å². The number of pyridine rings is 1. The molecule has 1 aliphatic heterocycles. The number of anilines is 2. The molecule has 0 atom stereocenters. The lowest BCUT2D eigenvalue weighted by Crippen LogP contribution is -2.38. The summed E-state index contributed by atoms with van der Waals surface area (Å²) in [6.45, 7) is 8.75. The number of benzene rings is 1. The van der Waals surface area contributed by atoms with Gasteiger partial charge in [0.25, 0.3) is 0 Å². The van der Waals surface area contributed by atoms with Crippen molar-refractivity contribution < 1.29 is 14.3 Å². The van der Waals surface area contributed by atoms with Gasteiger partial charge in [0.2, 0.25) is 0 Å². The molecule has 0 saturated carbocycles. The number of hydrogen-bond acceptors (Lipinski definition) is 8. The molecule has 0 saturated heterocycles. The first-order valence-electron chi connectivity index (χ1n) is 12.1. The smallest absolute Gasteiger partial charge is 0.410 e. The summed E-state index contributed by atoms with van der Waals surface area (Å²) < 4.78 is 11.5.